The number of aromatic nitrogens is 4. The first kappa shape index (κ1) is 21.5. The van der Waals surface area contributed by atoms with Gasteiger partial charge < -0.3 is 9.84 Å². The Bertz CT molecular complexity index is 1490. The van der Waals surface area contributed by atoms with Crippen molar-refractivity contribution in [1.82, 2.24) is 19.9 Å². The number of benzene rings is 2. The number of nitrogens with one attached hydrogen (secondary N) is 1. The Kier molecular flexibility index (Phi) is 5.63. The molecule has 5 rings (SSSR count). The first-order valence-electron chi connectivity index (χ1n) is 11.0. The molecule has 3 heterocycles. The Morgan fingerprint density at radius 2 is 1.94 bits per heavy atom. The van der Waals surface area contributed by atoms with E-state index in [4.69, 9.17) is 9.51 Å². The molecule has 0 aliphatic rings. The van der Waals surface area contributed by atoms with Gasteiger partial charge in [-0.3, -0.25) is 4.79 Å². The summed E-state index contributed by atoms with van der Waals surface area (Å²) in [5, 5.41) is 12.0. The molecule has 0 atom stereocenters. The lowest BCUT2D eigenvalue weighted by atomic mass is 10.1. The van der Waals surface area contributed by atoms with Crippen LogP contribution in [0, 0.1) is 12.7 Å². The first-order valence-corrected chi connectivity index (χ1v) is 11.0. The number of pyridine rings is 1. The summed E-state index contributed by atoms with van der Waals surface area (Å²) in [6.07, 6.45) is 2.22. The van der Waals surface area contributed by atoms with Crippen molar-refractivity contribution in [2.45, 2.75) is 26.8 Å². The number of carbonyl (C=O) groups is 1. The van der Waals surface area contributed by atoms with Gasteiger partial charge in [-0.2, -0.15) is 5.10 Å². The molecule has 0 fully saturated rings. The Balaban J connectivity index is 1.62. The number of amides is 1. The summed E-state index contributed by atoms with van der Waals surface area (Å²) in [5.41, 5.74) is 4.40. The molecule has 7 nitrogen and oxygen atoms in total. The van der Waals surface area contributed by atoms with Crippen molar-refractivity contribution >= 4 is 22.6 Å². The van der Waals surface area contributed by atoms with Gasteiger partial charge in [-0.25, -0.2) is 14.1 Å². The highest BCUT2D eigenvalue weighted by molar-refractivity contribution is 6.13. The van der Waals surface area contributed by atoms with Gasteiger partial charge in [0.2, 0.25) is 0 Å². The minimum absolute atomic E-state index is 0.309. The summed E-state index contributed by atoms with van der Waals surface area (Å²) >= 11 is 0. The van der Waals surface area contributed by atoms with E-state index in [1.165, 1.54) is 12.1 Å². The van der Waals surface area contributed by atoms with Gasteiger partial charge in [-0.05, 0) is 30.7 Å². The third-order valence-corrected chi connectivity index (χ3v) is 5.64. The number of hydrogen-bond acceptors (Lipinski definition) is 5. The van der Waals surface area contributed by atoms with Crippen LogP contribution in [-0.4, -0.2) is 25.8 Å². The Morgan fingerprint density at radius 1 is 1.12 bits per heavy atom. The molecule has 0 aliphatic heterocycles. The van der Waals surface area contributed by atoms with E-state index in [2.05, 4.69) is 15.6 Å². The minimum Gasteiger partial charge on any atom is -0.359 e. The van der Waals surface area contributed by atoms with Crippen LogP contribution in [0.1, 0.15) is 34.3 Å². The molecule has 0 aliphatic carbocycles. The van der Waals surface area contributed by atoms with Crippen LogP contribution in [0.15, 0.2) is 71.4 Å². The molecule has 8 heteroatoms. The lowest BCUT2D eigenvalue weighted by molar-refractivity contribution is 0.102. The number of hydrogen-bond donors (Lipinski definition) is 1. The standard InChI is InChI=1S/C26H22FN5O2/c1-3-23-24(16(2)31-34-23)30-26(33)20-13-22(18-9-5-4-6-10-18)29-25-21(20)14-28-32(25)15-17-8-7-11-19(27)12-17/h4-14H,3,15H2,1-2H3,(H,30,33). The molecule has 0 bridgehead atoms. The van der Waals surface area contributed by atoms with E-state index in [9.17, 15) is 9.18 Å². The molecular weight excluding hydrogens is 433 g/mol. The van der Waals surface area contributed by atoms with Gasteiger partial charge in [0.1, 0.15) is 17.2 Å². The van der Waals surface area contributed by atoms with Crippen LogP contribution < -0.4 is 5.32 Å². The highest BCUT2D eigenvalue weighted by Gasteiger charge is 2.21. The number of anilines is 1. The second kappa shape index (κ2) is 8.90. The number of rotatable bonds is 6. The number of halogens is 1. The smallest absolute Gasteiger partial charge is 0.256 e. The highest BCUT2D eigenvalue weighted by Crippen LogP contribution is 2.27. The third kappa shape index (κ3) is 4.05. The van der Waals surface area contributed by atoms with E-state index in [1.54, 1.807) is 29.9 Å². The van der Waals surface area contributed by atoms with Crippen molar-refractivity contribution in [3.63, 3.8) is 0 Å². The predicted octanol–water partition coefficient (Wildman–Crippen LogP) is 5.40. The van der Waals surface area contributed by atoms with Crippen LogP contribution >= 0.6 is 0 Å². The Morgan fingerprint density at radius 3 is 2.71 bits per heavy atom. The molecule has 1 amide bonds. The summed E-state index contributed by atoms with van der Waals surface area (Å²) in [5.74, 6) is -0.0140. The lowest BCUT2D eigenvalue weighted by Gasteiger charge is -2.10. The van der Waals surface area contributed by atoms with Crippen LogP contribution in [0.4, 0.5) is 10.1 Å². The van der Waals surface area contributed by atoms with E-state index in [-0.39, 0.29) is 11.7 Å². The molecule has 2 aromatic carbocycles. The predicted molar refractivity (Wildman–Crippen MR) is 127 cm³/mol. The monoisotopic (exact) mass is 455 g/mol. The lowest BCUT2D eigenvalue weighted by Crippen LogP contribution is -2.14. The summed E-state index contributed by atoms with van der Waals surface area (Å²) in [7, 11) is 0. The van der Waals surface area contributed by atoms with E-state index in [1.807, 2.05) is 43.3 Å². The molecule has 0 radical (unpaired) electrons. The average Bonchev–Trinajstić information content (AvgIpc) is 3.42. The van der Waals surface area contributed by atoms with Crippen molar-refractivity contribution in [2.75, 3.05) is 5.32 Å². The van der Waals surface area contributed by atoms with E-state index < -0.39 is 0 Å². The van der Waals surface area contributed by atoms with Crippen LogP contribution in [0.25, 0.3) is 22.3 Å². The number of nitrogens with zero attached hydrogens (tertiary/aromatic N) is 4. The number of fused-ring (bicyclic) bond motifs is 1. The summed E-state index contributed by atoms with van der Waals surface area (Å²) < 4.78 is 20.7. The summed E-state index contributed by atoms with van der Waals surface area (Å²) in [6, 6.07) is 17.7. The molecule has 34 heavy (non-hydrogen) atoms. The maximum Gasteiger partial charge on any atom is 0.256 e. The van der Waals surface area contributed by atoms with Crippen molar-refractivity contribution in [3.8, 4) is 11.3 Å². The van der Waals surface area contributed by atoms with Gasteiger partial charge in [0.15, 0.2) is 11.4 Å². The fourth-order valence-electron chi connectivity index (χ4n) is 3.92. The molecule has 3 aromatic heterocycles. The SMILES string of the molecule is CCc1onc(C)c1NC(=O)c1cc(-c2ccccc2)nc2c1cnn2Cc1cccc(F)c1. The molecule has 0 saturated carbocycles. The zero-order chi connectivity index (χ0) is 23.7. The van der Waals surface area contributed by atoms with Gasteiger partial charge in [-0.15, -0.1) is 0 Å². The Labute approximate surface area is 195 Å². The van der Waals surface area contributed by atoms with Crippen molar-refractivity contribution in [1.29, 1.82) is 0 Å². The van der Waals surface area contributed by atoms with Gasteiger partial charge in [0.05, 0.1) is 29.4 Å². The maximum atomic E-state index is 13.7. The van der Waals surface area contributed by atoms with Crippen molar-refractivity contribution in [3.05, 3.63) is 95.3 Å². The average molecular weight is 455 g/mol. The second-order valence-electron chi connectivity index (χ2n) is 7.96. The normalized spacial score (nSPS) is 11.1. The maximum absolute atomic E-state index is 13.7. The minimum atomic E-state index is -0.317. The van der Waals surface area contributed by atoms with Crippen LogP contribution in [-0.2, 0) is 13.0 Å². The molecule has 1 N–H and O–H groups in total. The molecule has 170 valence electrons. The molecule has 0 spiro atoms. The van der Waals surface area contributed by atoms with E-state index in [0.717, 1.165) is 11.1 Å². The molecular formula is C26H22FN5O2. The van der Waals surface area contributed by atoms with Gasteiger partial charge >= 0.3 is 0 Å². The first-order chi connectivity index (χ1) is 16.5. The van der Waals surface area contributed by atoms with E-state index >= 15 is 0 Å². The van der Waals surface area contributed by atoms with Crippen molar-refractivity contribution < 1.29 is 13.7 Å². The molecule has 0 saturated heterocycles. The third-order valence-electron chi connectivity index (χ3n) is 5.64. The van der Waals surface area contributed by atoms with Gasteiger partial charge in [-0.1, -0.05) is 54.5 Å². The quantitative estimate of drug-likeness (QED) is 0.371. The van der Waals surface area contributed by atoms with Gasteiger partial charge in [0, 0.05) is 12.0 Å². The largest absolute Gasteiger partial charge is 0.359 e. The molecule has 0 unspecified atom stereocenters. The summed E-state index contributed by atoms with van der Waals surface area (Å²) in [6.45, 7) is 4.04. The zero-order valence-electron chi connectivity index (χ0n) is 18.7. The fraction of sp³-hybridized carbons (Fsp3) is 0.154. The number of carbonyl (C=O) groups excluding carboxylic acids is 1. The van der Waals surface area contributed by atoms with Crippen LogP contribution in [0.2, 0.25) is 0 Å². The second-order valence-corrected chi connectivity index (χ2v) is 7.96. The number of aryl methyl sites for hydroxylation is 2. The summed E-state index contributed by atoms with van der Waals surface area (Å²) in [4.78, 5) is 18.3. The van der Waals surface area contributed by atoms with Crippen molar-refractivity contribution in [2.24, 2.45) is 0 Å². The van der Waals surface area contributed by atoms with Gasteiger partial charge in [0.25, 0.3) is 5.91 Å². The fourth-order valence-corrected chi connectivity index (χ4v) is 3.92. The Hall–Kier alpha value is -4.33. The highest BCUT2D eigenvalue weighted by atomic mass is 19.1. The zero-order valence-corrected chi connectivity index (χ0v) is 18.7. The van der Waals surface area contributed by atoms with Crippen LogP contribution in [0.3, 0.4) is 0 Å². The van der Waals surface area contributed by atoms with E-state index in [0.29, 0.717) is 52.4 Å². The topological polar surface area (TPSA) is 85.8 Å². The van der Waals surface area contributed by atoms with Crippen LogP contribution in [0.5, 0.6) is 0 Å². The molecule has 5 aromatic rings.